The molecule has 21 heteroatoms. The molecule has 260 valence electrons. The van der Waals surface area contributed by atoms with Gasteiger partial charge in [-0.2, -0.15) is 0 Å². The number of hydrogen-bond donors (Lipinski definition) is 0. The van der Waals surface area contributed by atoms with Crippen molar-refractivity contribution in [2.24, 2.45) is 0 Å². The highest BCUT2D eigenvalue weighted by molar-refractivity contribution is 6.88. The quantitative estimate of drug-likeness (QED) is 0.125. The molecule has 0 aromatic rings. The molecule has 0 radical (unpaired) electrons. The molecule has 0 unspecified atom stereocenters. The van der Waals surface area contributed by atoms with Crippen molar-refractivity contribution in [1.82, 2.24) is 0 Å². The van der Waals surface area contributed by atoms with Gasteiger partial charge < -0.3 is 37.0 Å². The third-order valence-corrected chi connectivity index (χ3v) is 36.6. The molecule has 0 atom stereocenters. The molecule has 0 amide bonds. The number of rotatable bonds is 24. The smallest absolute Gasteiger partial charge is 0.420 e. The minimum atomic E-state index is -4.00. The van der Waals surface area contributed by atoms with Gasteiger partial charge in [0.05, 0.1) is 0 Å². The van der Waals surface area contributed by atoms with Gasteiger partial charge in [-0.1, -0.05) is 0 Å². The van der Waals surface area contributed by atoms with E-state index in [1.807, 2.05) is 13.1 Å². The SMILES string of the molecule is [3H][Si](C)(C)O[Si](CC[Si](C)(C)O[Si](CC[Si](O[Si]([3H])(C)C)(O[Si]([3H])(C)C)O[Si]([3H])(C)C)(O[Si]([3H])(C)C)O[Si]([3H])(C)C)(O[Si]([3H])(C)C)O[Si]([3H])(C)C. The van der Waals surface area contributed by atoms with Gasteiger partial charge in [-0.25, -0.2) is 0 Å². The van der Waals surface area contributed by atoms with E-state index in [0.717, 1.165) is 0 Å². The van der Waals surface area contributed by atoms with Gasteiger partial charge in [-0.05, 0) is 124 Å². The van der Waals surface area contributed by atoms with Crippen molar-refractivity contribution in [2.45, 2.75) is 142 Å². The van der Waals surface area contributed by atoms with E-state index in [1.165, 1.54) is 0 Å². The Bertz CT molecular complexity index is 1000. The largest absolute Gasteiger partial charge is 0.469 e. The summed E-state index contributed by atoms with van der Waals surface area (Å²) < 4.78 is 129. The lowest BCUT2D eigenvalue weighted by Gasteiger charge is -2.43. The molecule has 0 fully saturated rings. The first-order chi connectivity index (χ1) is 21.8. The van der Waals surface area contributed by atoms with Gasteiger partial charge in [-0.3, -0.25) is 0 Å². The van der Waals surface area contributed by atoms with Crippen LogP contribution in [0.4, 0.5) is 0 Å². The first-order valence-corrected chi connectivity index (χ1v) is 43.3. The first-order valence-electron chi connectivity index (χ1n) is 19.1. The van der Waals surface area contributed by atoms with Crippen molar-refractivity contribution in [3.63, 3.8) is 0 Å². The van der Waals surface area contributed by atoms with Gasteiger partial charge in [0.1, 0.15) is 0 Å². The molecule has 0 aliphatic heterocycles. The highest BCUT2D eigenvalue weighted by Crippen LogP contribution is 2.34. The van der Waals surface area contributed by atoms with Crippen LogP contribution < -0.4 is 0 Å². The molecule has 0 saturated heterocycles. The molecule has 0 aliphatic carbocycles. The summed E-state index contributed by atoms with van der Waals surface area (Å²) in [7, 11) is -39.4. The maximum absolute atomic E-state index is 8.97. The van der Waals surface area contributed by atoms with Crippen LogP contribution in [-0.4, -0.2) is 116 Å². The summed E-state index contributed by atoms with van der Waals surface area (Å²) in [6.07, 6.45) is 0. The molecular formula is C22H70O9Si12. The van der Waals surface area contributed by atoms with E-state index in [9.17, 15) is 0 Å². The maximum Gasteiger partial charge on any atom is 0.469 e. The average molecular weight is 832 g/mol. The molecule has 0 rings (SSSR count). The minimum absolute atomic E-state index is 0.0303. The second-order valence-electron chi connectivity index (χ2n) is 13.0. The highest BCUT2D eigenvalue weighted by atomic mass is 28.5. The molecule has 0 aromatic carbocycles. The fourth-order valence-corrected chi connectivity index (χ4v) is 42.7. The Balaban J connectivity index is 7.37. The Labute approximate surface area is 294 Å². The molecule has 9 nitrogen and oxygen atoms in total. The monoisotopic (exact) mass is 830 g/mol. The van der Waals surface area contributed by atoms with Gasteiger partial charge in [0.15, 0.2) is 80.1 Å². The van der Waals surface area contributed by atoms with E-state index < -0.39 is 107 Å². The van der Waals surface area contributed by atoms with Crippen LogP contribution in [0.3, 0.4) is 0 Å². The van der Waals surface area contributed by atoms with E-state index in [0.29, 0.717) is 6.04 Å². The van der Waals surface area contributed by atoms with Gasteiger partial charge >= 0.3 is 26.4 Å². The van der Waals surface area contributed by atoms with Crippen LogP contribution in [0.25, 0.3) is 0 Å². The summed E-state index contributed by atoms with van der Waals surface area (Å²) in [6.45, 7) is 31.2. The van der Waals surface area contributed by atoms with Crippen LogP contribution in [0.1, 0.15) is 0 Å². The third-order valence-electron chi connectivity index (χ3n) is 5.08. The second-order valence-corrected chi connectivity index (χ2v) is 44.5. The topological polar surface area (TPSA) is 83.1 Å². The van der Waals surface area contributed by atoms with Crippen molar-refractivity contribution in [1.29, 1.82) is 9.88 Å². The van der Waals surface area contributed by atoms with Crippen LogP contribution in [0.15, 0.2) is 0 Å². The van der Waals surface area contributed by atoms with Crippen LogP contribution in [0, 0.1) is 0 Å². The Morgan fingerprint density at radius 2 is 0.535 bits per heavy atom. The van der Waals surface area contributed by atoms with Crippen molar-refractivity contribution < 1.29 is 37.0 Å². The summed E-state index contributed by atoms with van der Waals surface area (Å²) in [6, 6.07) is 0.655. The minimum Gasteiger partial charge on any atom is -0.420 e. The fourth-order valence-electron chi connectivity index (χ4n) is 4.37. The van der Waals surface area contributed by atoms with Gasteiger partial charge in [0, 0.05) is 28.0 Å². The predicted molar refractivity (Wildman–Crippen MR) is 215 cm³/mol. The third kappa shape index (κ3) is 20.4. The predicted octanol–water partition coefficient (Wildman–Crippen LogP) is 5.02. The molecule has 43 heavy (non-hydrogen) atoms. The van der Waals surface area contributed by atoms with E-state index in [4.69, 9.17) is 46.9 Å². The highest BCUT2D eigenvalue weighted by Gasteiger charge is 2.53. The Morgan fingerprint density at radius 1 is 0.349 bits per heavy atom. The van der Waals surface area contributed by atoms with Crippen LogP contribution in [-0.2, 0) is 37.0 Å². The van der Waals surface area contributed by atoms with Crippen LogP contribution in [0.5, 0.6) is 0 Å². The summed E-state index contributed by atoms with van der Waals surface area (Å²) in [5.74, 6) is 0. The Morgan fingerprint density at radius 3 is 0.767 bits per heavy atom. The summed E-state index contributed by atoms with van der Waals surface area (Å²) in [5, 5.41) is 0. The molecule has 0 heterocycles. The zero-order chi connectivity index (χ0) is 41.2. The summed E-state index contributed by atoms with van der Waals surface area (Å²) in [5.41, 5.74) is 0. The van der Waals surface area contributed by atoms with E-state index in [2.05, 4.69) is 0 Å². The Hall–Kier alpha value is 2.24. The van der Waals surface area contributed by atoms with E-state index in [1.54, 1.807) is 105 Å². The molecule has 0 saturated carbocycles. The van der Waals surface area contributed by atoms with E-state index in [-0.39, 0.29) is 18.1 Å². The zero-order valence-corrected chi connectivity index (χ0v) is 42.5. The normalized spacial score (nSPS) is 19.0. The lowest BCUT2D eigenvalue weighted by molar-refractivity contribution is 0.244. The second kappa shape index (κ2) is 20.7. The zero-order valence-electron chi connectivity index (χ0n) is 38.5. The van der Waals surface area contributed by atoms with Gasteiger partial charge in [0.2, 0.25) is 0 Å². The van der Waals surface area contributed by atoms with Crippen LogP contribution >= 0.6 is 0 Å². The van der Waals surface area contributed by atoms with Crippen LogP contribution in [0.2, 0.25) is 142 Å². The van der Waals surface area contributed by atoms with E-state index >= 15 is 0 Å². The lowest BCUT2D eigenvalue weighted by atomic mass is 10.9. The van der Waals surface area contributed by atoms with Crippen molar-refractivity contribution in [3.05, 3.63) is 0 Å². The van der Waals surface area contributed by atoms with Gasteiger partial charge in [-0.15, -0.1) is 0 Å². The molecule has 0 spiro atoms. The first kappa shape index (κ1) is 32.4. The molecule has 0 aromatic heterocycles. The van der Waals surface area contributed by atoms with Crippen molar-refractivity contribution in [2.75, 3.05) is 0 Å². The van der Waals surface area contributed by atoms with Crippen molar-refractivity contribution in [3.8, 4) is 0 Å². The van der Waals surface area contributed by atoms with Crippen molar-refractivity contribution >= 4 is 107 Å². The fraction of sp³-hybridized carbons (Fsp3) is 1.00. The lowest BCUT2D eigenvalue weighted by Crippen LogP contribution is -2.60. The summed E-state index contributed by atoms with van der Waals surface area (Å²) in [4.78, 5) is 0. The van der Waals surface area contributed by atoms with Gasteiger partial charge in [0.25, 0.3) is 0 Å². The molecule has 0 bridgehead atoms. The maximum atomic E-state index is 8.97. The standard InChI is InChI=1S/C22H70O9Si12/c1-32(2)23-41(24-33(3)4,25-34(5)6)20-19-40(17,18)31-43(29-38(13)14,30-39(15)16)22-21-42(26-35(7)8,27-36(9)10)28-37(11)12/h32-39H,19-22H2,1-18H3/i32T,33T,34T,35T,36T,37T,38T,39T. The average Bonchev–Trinajstić information content (AvgIpc) is 2.66. The molecule has 0 N–H and O–H groups in total. The molecular weight excluding hydrogens is 745 g/mol. The summed E-state index contributed by atoms with van der Waals surface area (Å²) >= 11 is 0. The number of hydrogen-bond acceptors (Lipinski definition) is 9. The Kier molecular flexibility index (Phi) is 15.6. The molecule has 0 aliphatic rings.